The third-order valence-electron chi connectivity index (χ3n) is 5.53. The molecule has 174 valence electrons. The Bertz CT molecular complexity index is 905. The zero-order chi connectivity index (χ0) is 23.7. The van der Waals surface area contributed by atoms with Crippen LogP contribution >= 0.6 is 0 Å². The Morgan fingerprint density at radius 3 is 2.09 bits per heavy atom. The Balaban J connectivity index is 2.14. The lowest BCUT2D eigenvalue weighted by Gasteiger charge is -2.25. The maximum Gasteiger partial charge on any atom is 0.243 e. The molecule has 0 aliphatic rings. The van der Waals surface area contributed by atoms with E-state index in [4.69, 9.17) is 0 Å². The molecule has 0 aliphatic heterocycles. The van der Waals surface area contributed by atoms with Gasteiger partial charge >= 0.3 is 0 Å². The molecular weight excluding hydrogens is 402 g/mol. The van der Waals surface area contributed by atoms with Crippen LogP contribution in [0.25, 0.3) is 10.8 Å². The SMILES string of the molecule is CNC(Cc1cccc2ccccc12)C(=O)N[C@@H](CC(C)C)C(=O)N[C@H](C=O)CC(C)C. The number of likely N-dealkylation sites (N-methyl/N-ethyl adjacent to an activating group) is 1. The van der Waals surface area contributed by atoms with E-state index in [0.29, 0.717) is 19.3 Å². The summed E-state index contributed by atoms with van der Waals surface area (Å²) in [6, 6.07) is 12.4. The molecule has 6 heteroatoms. The minimum atomic E-state index is -0.694. The number of aldehydes is 1. The van der Waals surface area contributed by atoms with Gasteiger partial charge in [-0.2, -0.15) is 0 Å². The summed E-state index contributed by atoms with van der Waals surface area (Å²) in [5.74, 6) is -0.0625. The Hall–Kier alpha value is -2.73. The molecule has 0 heterocycles. The van der Waals surface area contributed by atoms with Gasteiger partial charge in [-0.15, -0.1) is 0 Å². The van der Waals surface area contributed by atoms with Gasteiger partial charge in [0.25, 0.3) is 0 Å². The second-order valence-corrected chi connectivity index (χ2v) is 9.26. The maximum absolute atomic E-state index is 13.1. The minimum absolute atomic E-state index is 0.205. The highest BCUT2D eigenvalue weighted by atomic mass is 16.2. The first-order valence-electron chi connectivity index (χ1n) is 11.4. The first kappa shape index (κ1) is 25.5. The molecule has 2 aromatic rings. The largest absolute Gasteiger partial charge is 0.345 e. The van der Waals surface area contributed by atoms with Crippen molar-refractivity contribution in [2.45, 2.75) is 65.1 Å². The molecule has 6 nitrogen and oxygen atoms in total. The van der Waals surface area contributed by atoms with Gasteiger partial charge in [-0.1, -0.05) is 70.2 Å². The van der Waals surface area contributed by atoms with Gasteiger partial charge < -0.3 is 20.7 Å². The van der Waals surface area contributed by atoms with Crippen molar-refractivity contribution in [2.24, 2.45) is 11.8 Å². The van der Waals surface area contributed by atoms with Crippen molar-refractivity contribution in [1.29, 1.82) is 0 Å². The summed E-state index contributed by atoms with van der Waals surface area (Å²) in [5.41, 5.74) is 1.07. The van der Waals surface area contributed by atoms with Gasteiger partial charge in [0, 0.05) is 0 Å². The summed E-state index contributed by atoms with van der Waals surface area (Å²) in [5, 5.41) is 11.0. The highest BCUT2D eigenvalue weighted by molar-refractivity contribution is 5.92. The number of hydrogen-bond acceptors (Lipinski definition) is 4. The Kier molecular flexibility index (Phi) is 9.85. The van der Waals surface area contributed by atoms with Crippen molar-refractivity contribution in [3.05, 3.63) is 48.0 Å². The number of fused-ring (bicyclic) bond motifs is 1. The van der Waals surface area contributed by atoms with Gasteiger partial charge in [0.15, 0.2) is 0 Å². The summed E-state index contributed by atoms with van der Waals surface area (Å²) in [6.07, 6.45) is 2.33. The molecule has 0 saturated carbocycles. The van der Waals surface area contributed by atoms with Crippen LogP contribution in [0.3, 0.4) is 0 Å². The van der Waals surface area contributed by atoms with Crippen LogP contribution in [0, 0.1) is 11.8 Å². The van der Waals surface area contributed by atoms with Crippen LogP contribution in [-0.2, 0) is 20.8 Å². The molecule has 2 aromatic carbocycles. The van der Waals surface area contributed by atoms with Crippen molar-refractivity contribution in [3.63, 3.8) is 0 Å². The molecule has 3 N–H and O–H groups in total. The van der Waals surface area contributed by atoms with Crippen LogP contribution < -0.4 is 16.0 Å². The van der Waals surface area contributed by atoms with Crippen molar-refractivity contribution in [1.82, 2.24) is 16.0 Å². The summed E-state index contributed by atoms with van der Waals surface area (Å²) in [7, 11) is 1.75. The lowest BCUT2D eigenvalue weighted by Crippen LogP contribution is -2.54. The zero-order valence-corrected chi connectivity index (χ0v) is 19.9. The van der Waals surface area contributed by atoms with E-state index in [1.54, 1.807) is 7.05 Å². The normalized spacial score (nSPS) is 14.2. The molecule has 0 saturated heterocycles. The molecule has 0 aromatic heterocycles. The first-order valence-corrected chi connectivity index (χ1v) is 11.4. The Morgan fingerprint density at radius 1 is 0.844 bits per heavy atom. The van der Waals surface area contributed by atoms with E-state index in [2.05, 4.69) is 34.1 Å². The Labute approximate surface area is 191 Å². The van der Waals surface area contributed by atoms with Gasteiger partial charge in [0.2, 0.25) is 11.8 Å². The van der Waals surface area contributed by atoms with Crippen molar-refractivity contribution >= 4 is 28.9 Å². The van der Waals surface area contributed by atoms with Gasteiger partial charge in [-0.05, 0) is 54.5 Å². The molecule has 0 radical (unpaired) electrons. The monoisotopic (exact) mass is 439 g/mol. The molecule has 32 heavy (non-hydrogen) atoms. The molecule has 0 bridgehead atoms. The molecule has 3 atom stereocenters. The molecule has 1 unspecified atom stereocenters. The predicted octanol–water partition coefficient (Wildman–Crippen LogP) is 3.23. The summed E-state index contributed by atoms with van der Waals surface area (Å²) in [6.45, 7) is 8.01. The summed E-state index contributed by atoms with van der Waals surface area (Å²) in [4.78, 5) is 37.4. The van der Waals surface area contributed by atoms with E-state index in [-0.39, 0.29) is 23.7 Å². The molecule has 0 spiro atoms. The quantitative estimate of drug-likeness (QED) is 0.443. The van der Waals surface area contributed by atoms with Crippen LogP contribution in [0.2, 0.25) is 0 Å². The van der Waals surface area contributed by atoms with Crippen LogP contribution in [-0.4, -0.2) is 43.3 Å². The fourth-order valence-corrected chi connectivity index (χ4v) is 3.93. The second kappa shape index (κ2) is 12.3. The standard InChI is InChI=1S/C26H37N3O3/c1-17(2)13-21(16-30)28-26(32)24(14-18(3)4)29-25(31)23(27-5)15-20-11-8-10-19-9-6-7-12-22(19)20/h6-12,16-18,21,23-24,27H,13-15H2,1-5H3,(H,28,32)(H,29,31)/t21-,23?,24-/m0/s1. The summed E-state index contributed by atoms with van der Waals surface area (Å²) < 4.78 is 0. The average molecular weight is 440 g/mol. The maximum atomic E-state index is 13.1. The number of carbonyl (C=O) groups excluding carboxylic acids is 3. The lowest BCUT2D eigenvalue weighted by atomic mass is 9.97. The molecule has 2 rings (SSSR count). The van der Waals surface area contributed by atoms with Gasteiger partial charge in [0.1, 0.15) is 12.3 Å². The smallest absolute Gasteiger partial charge is 0.243 e. The summed E-state index contributed by atoms with van der Waals surface area (Å²) >= 11 is 0. The fourth-order valence-electron chi connectivity index (χ4n) is 3.93. The van der Waals surface area contributed by atoms with Crippen molar-refractivity contribution in [3.8, 4) is 0 Å². The third-order valence-corrected chi connectivity index (χ3v) is 5.53. The van der Waals surface area contributed by atoms with Gasteiger partial charge in [0.05, 0.1) is 12.1 Å². The van der Waals surface area contributed by atoms with Crippen molar-refractivity contribution in [2.75, 3.05) is 7.05 Å². The number of rotatable bonds is 12. The number of carbonyl (C=O) groups is 3. The van der Waals surface area contributed by atoms with E-state index in [1.165, 1.54) is 0 Å². The molecule has 0 fully saturated rings. The highest BCUT2D eigenvalue weighted by Gasteiger charge is 2.27. The number of benzene rings is 2. The lowest BCUT2D eigenvalue weighted by molar-refractivity contribution is -0.131. The van der Waals surface area contributed by atoms with E-state index in [9.17, 15) is 14.4 Å². The third kappa shape index (κ3) is 7.45. The number of amides is 2. The predicted molar refractivity (Wildman–Crippen MR) is 129 cm³/mol. The van der Waals surface area contributed by atoms with Crippen LogP contribution in [0.1, 0.15) is 46.1 Å². The number of hydrogen-bond donors (Lipinski definition) is 3. The average Bonchev–Trinajstić information content (AvgIpc) is 2.75. The van der Waals surface area contributed by atoms with E-state index < -0.39 is 18.1 Å². The highest BCUT2D eigenvalue weighted by Crippen LogP contribution is 2.20. The van der Waals surface area contributed by atoms with E-state index in [1.807, 2.05) is 52.0 Å². The topological polar surface area (TPSA) is 87.3 Å². The van der Waals surface area contributed by atoms with E-state index >= 15 is 0 Å². The molecule has 2 amide bonds. The first-order chi connectivity index (χ1) is 15.2. The van der Waals surface area contributed by atoms with Crippen LogP contribution in [0.4, 0.5) is 0 Å². The number of nitrogens with one attached hydrogen (secondary N) is 3. The Morgan fingerprint density at radius 2 is 1.47 bits per heavy atom. The van der Waals surface area contributed by atoms with Crippen LogP contribution in [0.5, 0.6) is 0 Å². The molecule has 0 aliphatic carbocycles. The molecular formula is C26H37N3O3. The zero-order valence-electron chi connectivity index (χ0n) is 19.9. The van der Waals surface area contributed by atoms with Gasteiger partial charge in [-0.3, -0.25) is 9.59 Å². The van der Waals surface area contributed by atoms with Crippen molar-refractivity contribution < 1.29 is 14.4 Å². The van der Waals surface area contributed by atoms with Gasteiger partial charge in [-0.25, -0.2) is 0 Å². The second-order valence-electron chi connectivity index (χ2n) is 9.26. The minimum Gasteiger partial charge on any atom is -0.345 e. The van der Waals surface area contributed by atoms with E-state index in [0.717, 1.165) is 22.6 Å². The van der Waals surface area contributed by atoms with Crippen LogP contribution in [0.15, 0.2) is 42.5 Å². The fraction of sp³-hybridized carbons (Fsp3) is 0.500.